The van der Waals surface area contributed by atoms with Gasteiger partial charge in [0.15, 0.2) is 17.5 Å². The standard InChI is InChI=1S/C25H21F3N4O4/c1-13-7-15-4-5-16(10-20(15)30-13)36-12-21(23(29)33)31-24(34)17-3-2-6-32(25(17)35)11-14-8-18(26)22(28)19(27)9-14/h2-6,8-10,21,30H,1,7,11-12H2,(H2,29,33)(H,31,34). The van der Waals surface area contributed by atoms with E-state index in [1.165, 1.54) is 18.3 Å². The van der Waals surface area contributed by atoms with Gasteiger partial charge in [0.2, 0.25) is 5.91 Å². The van der Waals surface area contributed by atoms with Gasteiger partial charge in [0.25, 0.3) is 11.5 Å². The van der Waals surface area contributed by atoms with Crippen LogP contribution in [-0.2, 0) is 17.8 Å². The van der Waals surface area contributed by atoms with Crippen LogP contribution < -0.4 is 26.7 Å². The molecule has 186 valence electrons. The molecular weight excluding hydrogens is 477 g/mol. The Hall–Kier alpha value is -4.54. The van der Waals surface area contributed by atoms with Gasteiger partial charge >= 0.3 is 0 Å². The predicted molar refractivity (Wildman–Crippen MR) is 125 cm³/mol. The number of hydrogen-bond donors (Lipinski definition) is 3. The van der Waals surface area contributed by atoms with Crippen LogP contribution in [-0.4, -0.2) is 29.0 Å². The number of anilines is 1. The third kappa shape index (κ3) is 5.24. The Kier molecular flexibility index (Phi) is 6.82. The number of halogens is 3. The molecule has 8 nitrogen and oxygen atoms in total. The number of nitrogens with two attached hydrogens (primary N) is 1. The van der Waals surface area contributed by atoms with Crippen LogP contribution in [0.2, 0.25) is 0 Å². The highest BCUT2D eigenvalue weighted by atomic mass is 19.2. The minimum Gasteiger partial charge on any atom is -0.491 e. The van der Waals surface area contributed by atoms with Crippen LogP contribution in [0.4, 0.5) is 18.9 Å². The van der Waals surface area contributed by atoms with Crippen LogP contribution in [0.1, 0.15) is 21.5 Å². The average molecular weight is 498 g/mol. The summed E-state index contributed by atoms with van der Waals surface area (Å²) in [5.74, 6) is -5.78. The van der Waals surface area contributed by atoms with Crippen molar-refractivity contribution in [2.75, 3.05) is 11.9 Å². The van der Waals surface area contributed by atoms with E-state index in [4.69, 9.17) is 10.5 Å². The zero-order valence-corrected chi connectivity index (χ0v) is 18.8. The van der Waals surface area contributed by atoms with E-state index >= 15 is 0 Å². The Balaban J connectivity index is 1.46. The number of primary amides is 1. The number of fused-ring (bicyclic) bond motifs is 1. The Labute approximate surface area is 203 Å². The number of nitrogens with zero attached hydrogens (tertiary/aromatic N) is 1. The van der Waals surface area contributed by atoms with Crippen molar-refractivity contribution in [3.05, 3.63) is 105 Å². The molecule has 36 heavy (non-hydrogen) atoms. The molecule has 0 aliphatic carbocycles. The minimum absolute atomic E-state index is 0.0260. The zero-order valence-electron chi connectivity index (χ0n) is 18.8. The van der Waals surface area contributed by atoms with Crippen LogP contribution in [0.25, 0.3) is 0 Å². The molecule has 0 saturated heterocycles. The highest BCUT2D eigenvalue weighted by molar-refractivity contribution is 5.97. The second kappa shape index (κ2) is 9.98. The number of pyridine rings is 1. The summed E-state index contributed by atoms with van der Waals surface area (Å²) < 4.78 is 46.9. The van der Waals surface area contributed by atoms with Crippen LogP contribution in [0.3, 0.4) is 0 Å². The molecule has 3 aromatic rings. The van der Waals surface area contributed by atoms with Gasteiger partial charge in [-0.15, -0.1) is 0 Å². The Morgan fingerprint density at radius 2 is 1.89 bits per heavy atom. The monoisotopic (exact) mass is 498 g/mol. The van der Waals surface area contributed by atoms with Crippen LogP contribution >= 0.6 is 0 Å². The van der Waals surface area contributed by atoms with Crippen LogP contribution in [0, 0.1) is 17.5 Å². The van der Waals surface area contributed by atoms with E-state index in [9.17, 15) is 27.6 Å². The highest BCUT2D eigenvalue weighted by Crippen LogP contribution is 2.30. The van der Waals surface area contributed by atoms with E-state index in [0.717, 1.165) is 33.6 Å². The number of allylic oxidation sites excluding steroid dienone is 1. The summed E-state index contributed by atoms with van der Waals surface area (Å²) in [7, 11) is 0. The molecule has 4 N–H and O–H groups in total. The second-order valence-electron chi connectivity index (χ2n) is 8.19. The summed E-state index contributed by atoms with van der Waals surface area (Å²) in [5.41, 5.74) is 6.94. The lowest BCUT2D eigenvalue weighted by Gasteiger charge is -2.17. The fraction of sp³-hybridized carbons (Fsp3) is 0.160. The summed E-state index contributed by atoms with van der Waals surface area (Å²) in [6.45, 7) is 3.25. The lowest BCUT2D eigenvalue weighted by atomic mass is 10.1. The molecule has 0 fully saturated rings. The molecule has 1 aromatic heterocycles. The van der Waals surface area contributed by atoms with E-state index in [2.05, 4.69) is 17.2 Å². The summed E-state index contributed by atoms with van der Waals surface area (Å²) in [6.07, 6.45) is 1.98. The maximum atomic E-state index is 13.5. The SMILES string of the molecule is C=C1Cc2ccc(OCC(NC(=O)c3cccn(Cc4cc(F)c(F)c(F)c4)c3=O)C(N)=O)cc2N1. The maximum Gasteiger partial charge on any atom is 0.263 e. The largest absolute Gasteiger partial charge is 0.491 e. The van der Waals surface area contributed by atoms with Crippen molar-refractivity contribution < 1.29 is 27.5 Å². The quantitative estimate of drug-likeness (QED) is 0.413. The van der Waals surface area contributed by atoms with E-state index in [0.29, 0.717) is 12.2 Å². The fourth-order valence-electron chi connectivity index (χ4n) is 3.72. The van der Waals surface area contributed by atoms with Crippen LogP contribution in [0.5, 0.6) is 5.75 Å². The third-order valence-corrected chi connectivity index (χ3v) is 5.52. The molecule has 2 heterocycles. The van der Waals surface area contributed by atoms with E-state index < -0.39 is 40.9 Å². The van der Waals surface area contributed by atoms with E-state index in [-0.39, 0.29) is 24.3 Å². The summed E-state index contributed by atoms with van der Waals surface area (Å²) in [5, 5.41) is 5.48. The van der Waals surface area contributed by atoms with Crippen molar-refractivity contribution in [1.82, 2.24) is 9.88 Å². The van der Waals surface area contributed by atoms with Gasteiger partial charge in [0.05, 0.1) is 6.54 Å². The molecule has 1 unspecified atom stereocenters. The first-order chi connectivity index (χ1) is 17.1. The van der Waals surface area contributed by atoms with Gasteiger partial charge in [0, 0.05) is 30.1 Å². The average Bonchev–Trinajstić information content (AvgIpc) is 3.20. The molecule has 0 bridgehead atoms. The second-order valence-corrected chi connectivity index (χ2v) is 8.19. The molecule has 0 spiro atoms. The van der Waals surface area contributed by atoms with Crippen molar-refractivity contribution in [2.45, 2.75) is 19.0 Å². The van der Waals surface area contributed by atoms with Crippen molar-refractivity contribution in [3.63, 3.8) is 0 Å². The van der Waals surface area contributed by atoms with Gasteiger partial charge in [0.1, 0.15) is 24.0 Å². The Bertz CT molecular complexity index is 1410. The van der Waals surface area contributed by atoms with E-state index in [1.807, 2.05) is 6.07 Å². The molecule has 2 amide bonds. The van der Waals surface area contributed by atoms with Crippen molar-refractivity contribution in [2.24, 2.45) is 5.73 Å². The van der Waals surface area contributed by atoms with Gasteiger partial charge < -0.3 is 25.7 Å². The number of rotatable bonds is 8. The number of amides is 2. The Morgan fingerprint density at radius 3 is 2.58 bits per heavy atom. The topological polar surface area (TPSA) is 115 Å². The maximum absolute atomic E-state index is 13.5. The number of hydrogen-bond acceptors (Lipinski definition) is 5. The molecule has 11 heteroatoms. The normalized spacial score (nSPS) is 13.0. The zero-order chi connectivity index (χ0) is 26.0. The highest BCUT2D eigenvalue weighted by Gasteiger charge is 2.23. The molecule has 0 saturated carbocycles. The van der Waals surface area contributed by atoms with Crippen LogP contribution in [0.15, 0.2) is 65.7 Å². The third-order valence-electron chi connectivity index (χ3n) is 5.52. The minimum atomic E-state index is -1.62. The van der Waals surface area contributed by atoms with Gasteiger partial charge in [-0.05, 0) is 41.5 Å². The first-order valence-electron chi connectivity index (χ1n) is 10.8. The molecule has 1 atom stereocenters. The smallest absolute Gasteiger partial charge is 0.263 e. The number of nitrogens with one attached hydrogen (secondary N) is 2. The molecule has 1 aliphatic heterocycles. The molecular formula is C25H21F3N4O4. The first kappa shape index (κ1) is 24.6. The lowest BCUT2D eigenvalue weighted by Crippen LogP contribution is -2.49. The number of carbonyl (C=O) groups excluding carboxylic acids is 2. The van der Waals surface area contributed by atoms with Crippen molar-refractivity contribution >= 4 is 17.5 Å². The molecule has 0 radical (unpaired) electrons. The fourth-order valence-corrected chi connectivity index (χ4v) is 3.72. The molecule has 2 aromatic carbocycles. The number of aromatic nitrogens is 1. The number of benzene rings is 2. The molecule has 4 rings (SSSR count). The number of carbonyl (C=O) groups is 2. The molecule has 1 aliphatic rings. The summed E-state index contributed by atoms with van der Waals surface area (Å²) >= 11 is 0. The van der Waals surface area contributed by atoms with Crippen molar-refractivity contribution in [3.8, 4) is 5.75 Å². The van der Waals surface area contributed by atoms with Crippen molar-refractivity contribution in [1.29, 1.82) is 0 Å². The van der Waals surface area contributed by atoms with E-state index in [1.54, 1.807) is 12.1 Å². The van der Waals surface area contributed by atoms with Gasteiger partial charge in [-0.2, -0.15) is 0 Å². The Morgan fingerprint density at radius 1 is 1.17 bits per heavy atom. The first-order valence-corrected chi connectivity index (χ1v) is 10.8. The number of ether oxygens (including phenoxy) is 1. The summed E-state index contributed by atoms with van der Waals surface area (Å²) in [6, 6.07) is 8.11. The summed E-state index contributed by atoms with van der Waals surface area (Å²) in [4.78, 5) is 37.5. The van der Waals surface area contributed by atoms with Gasteiger partial charge in [-0.25, -0.2) is 13.2 Å². The lowest BCUT2D eigenvalue weighted by molar-refractivity contribution is -0.120. The predicted octanol–water partition coefficient (Wildman–Crippen LogP) is 2.46. The van der Waals surface area contributed by atoms with Gasteiger partial charge in [-0.3, -0.25) is 14.4 Å². The van der Waals surface area contributed by atoms with Gasteiger partial charge in [-0.1, -0.05) is 12.6 Å².